The molecule has 0 spiro atoms. The molecule has 0 aliphatic carbocycles. The van der Waals surface area contributed by atoms with Crippen LogP contribution in [0.3, 0.4) is 0 Å². The van der Waals surface area contributed by atoms with Crippen LogP contribution in [0.1, 0.15) is 5.56 Å². The van der Waals surface area contributed by atoms with Gasteiger partial charge in [0, 0.05) is 15.2 Å². The van der Waals surface area contributed by atoms with Crippen LogP contribution in [0.25, 0.3) is 0 Å². The molecule has 0 aliphatic heterocycles. The molecule has 0 fully saturated rings. The van der Waals surface area contributed by atoms with Gasteiger partial charge < -0.3 is 5.73 Å². The Morgan fingerprint density at radius 1 is 1.22 bits per heavy atom. The quantitative estimate of drug-likeness (QED) is 0.855. The number of nitrogen functional groups attached to an aromatic ring is 1. The second-order valence-corrected chi connectivity index (χ2v) is 6.47. The molecule has 18 heavy (non-hydrogen) atoms. The predicted octanol–water partition coefficient (Wildman–Crippen LogP) is 3.99. The Morgan fingerprint density at radius 2 is 1.94 bits per heavy atom. The van der Waals surface area contributed by atoms with Crippen molar-refractivity contribution >= 4 is 44.0 Å². The van der Waals surface area contributed by atoms with Gasteiger partial charge in [0.15, 0.2) is 0 Å². The van der Waals surface area contributed by atoms with Gasteiger partial charge in [-0.2, -0.15) is 0 Å². The van der Waals surface area contributed by atoms with Gasteiger partial charge in [0.05, 0.1) is 21.4 Å². The van der Waals surface area contributed by atoms with Crippen LogP contribution in [0, 0.1) is 0 Å². The van der Waals surface area contributed by atoms with Crippen LogP contribution in [-0.2, 0) is 16.6 Å². The molecular formula is C13H11BrClNOS. The summed E-state index contributed by atoms with van der Waals surface area (Å²) in [5.74, 6) is 0.409. The Hall–Kier alpha value is -0.840. The van der Waals surface area contributed by atoms with Crippen molar-refractivity contribution in [3.8, 4) is 0 Å². The molecule has 2 aromatic carbocycles. The summed E-state index contributed by atoms with van der Waals surface area (Å²) in [6, 6.07) is 12.7. The van der Waals surface area contributed by atoms with E-state index in [0.29, 0.717) is 21.4 Å². The molecule has 2 rings (SSSR count). The molecule has 2 aromatic rings. The molecule has 1 unspecified atom stereocenters. The van der Waals surface area contributed by atoms with Crippen molar-refractivity contribution in [2.24, 2.45) is 0 Å². The summed E-state index contributed by atoms with van der Waals surface area (Å²) in [6.45, 7) is 0. The molecule has 1 atom stereocenters. The van der Waals surface area contributed by atoms with Crippen molar-refractivity contribution in [3.05, 3.63) is 57.5 Å². The van der Waals surface area contributed by atoms with E-state index < -0.39 is 10.8 Å². The van der Waals surface area contributed by atoms with Crippen molar-refractivity contribution in [1.82, 2.24) is 0 Å². The second-order valence-electron chi connectivity index (χ2n) is 3.76. The Bertz CT molecular complexity index is 603. The summed E-state index contributed by atoms with van der Waals surface area (Å²) >= 11 is 9.33. The fourth-order valence-corrected chi connectivity index (χ4v) is 3.67. The molecule has 0 aliphatic rings. The van der Waals surface area contributed by atoms with Gasteiger partial charge in [-0.3, -0.25) is 4.21 Å². The third kappa shape index (κ3) is 3.13. The summed E-state index contributed by atoms with van der Waals surface area (Å²) in [6.07, 6.45) is 0. The third-order valence-corrected chi connectivity index (χ3v) is 4.89. The van der Waals surface area contributed by atoms with Gasteiger partial charge in [-0.25, -0.2) is 0 Å². The monoisotopic (exact) mass is 343 g/mol. The van der Waals surface area contributed by atoms with E-state index in [0.717, 1.165) is 10.0 Å². The van der Waals surface area contributed by atoms with E-state index in [-0.39, 0.29) is 0 Å². The maximum absolute atomic E-state index is 12.3. The van der Waals surface area contributed by atoms with E-state index >= 15 is 0 Å². The predicted molar refractivity (Wildman–Crippen MR) is 80.1 cm³/mol. The van der Waals surface area contributed by atoms with Gasteiger partial charge in [0.1, 0.15) is 0 Å². The van der Waals surface area contributed by atoms with Gasteiger partial charge in [-0.05, 0) is 29.8 Å². The SMILES string of the molecule is Nc1ccc(Cl)cc1S(=O)Cc1ccccc1Br. The fraction of sp³-hybridized carbons (Fsp3) is 0.0769. The highest BCUT2D eigenvalue weighted by Crippen LogP contribution is 2.25. The molecule has 2 N–H and O–H groups in total. The lowest BCUT2D eigenvalue weighted by Crippen LogP contribution is -2.01. The normalized spacial score (nSPS) is 12.3. The minimum atomic E-state index is -1.21. The molecule has 0 bridgehead atoms. The standard InChI is InChI=1S/C13H11BrClNOS/c14-11-4-2-1-3-9(11)8-18(17)13-7-10(15)5-6-12(13)16/h1-7H,8,16H2. The van der Waals surface area contributed by atoms with Crippen LogP contribution in [0.4, 0.5) is 5.69 Å². The van der Waals surface area contributed by atoms with E-state index in [2.05, 4.69) is 15.9 Å². The van der Waals surface area contributed by atoms with Crippen LogP contribution in [-0.4, -0.2) is 4.21 Å². The first-order chi connectivity index (χ1) is 8.58. The summed E-state index contributed by atoms with van der Waals surface area (Å²) in [4.78, 5) is 0.582. The number of anilines is 1. The van der Waals surface area contributed by atoms with Crippen molar-refractivity contribution < 1.29 is 4.21 Å². The largest absolute Gasteiger partial charge is 0.398 e. The highest BCUT2D eigenvalue weighted by Gasteiger charge is 2.11. The lowest BCUT2D eigenvalue weighted by atomic mass is 10.2. The summed E-state index contributed by atoms with van der Waals surface area (Å²) in [7, 11) is -1.21. The number of rotatable bonds is 3. The lowest BCUT2D eigenvalue weighted by Gasteiger charge is -2.07. The molecule has 5 heteroatoms. The molecule has 0 saturated heterocycles. The number of benzene rings is 2. The van der Waals surface area contributed by atoms with Gasteiger partial charge >= 0.3 is 0 Å². The molecule has 0 amide bonds. The Balaban J connectivity index is 2.28. The highest BCUT2D eigenvalue weighted by molar-refractivity contribution is 9.10. The molecule has 2 nitrogen and oxygen atoms in total. The van der Waals surface area contributed by atoms with Crippen molar-refractivity contribution in [2.45, 2.75) is 10.6 Å². The Labute approximate surface area is 122 Å². The first-order valence-electron chi connectivity index (χ1n) is 5.25. The summed E-state index contributed by atoms with van der Waals surface area (Å²) < 4.78 is 13.2. The summed E-state index contributed by atoms with van der Waals surface area (Å²) in [5.41, 5.74) is 7.30. The van der Waals surface area contributed by atoms with Gasteiger partial charge in [-0.15, -0.1) is 0 Å². The number of hydrogen-bond donors (Lipinski definition) is 1. The third-order valence-electron chi connectivity index (χ3n) is 2.47. The van der Waals surface area contributed by atoms with Crippen LogP contribution in [0.2, 0.25) is 5.02 Å². The number of nitrogens with two attached hydrogens (primary N) is 1. The highest BCUT2D eigenvalue weighted by atomic mass is 79.9. The molecule has 0 saturated carbocycles. The average molecular weight is 345 g/mol. The molecule has 0 aromatic heterocycles. The lowest BCUT2D eigenvalue weighted by molar-refractivity contribution is 0.683. The van der Waals surface area contributed by atoms with E-state index in [1.807, 2.05) is 24.3 Å². The van der Waals surface area contributed by atoms with Gasteiger partial charge in [-0.1, -0.05) is 45.7 Å². The molecule has 0 radical (unpaired) electrons. The van der Waals surface area contributed by atoms with Gasteiger partial charge in [0.25, 0.3) is 0 Å². The van der Waals surface area contributed by atoms with Crippen molar-refractivity contribution in [1.29, 1.82) is 0 Å². The topological polar surface area (TPSA) is 43.1 Å². The van der Waals surface area contributed by atoms with E-state index in [4.69, 9.17) is 17.3 Å². The van der Waals surface area contributed by atoms with E-state index in [9.17, 15) is 4.21 Å². The van der Waals surface area contributed by atoms with E-state index in [1.54, 1.807) is 18.2 Å². The minimum Gasteiger partial charge on any atom is -0.398 e. The zero-order valence-corrected chi connectivity index (χ0v) is 12.6. The zero-order chi connectivity index (χ0) is 13.1. The second kappa shape index (κ2) is 5.87. The Kier molecular flexibility index (Phi) is 4.43. The van der Waals surface area contributed by atoms with Crippen molar-refractivity contribution in [3.63, 3.8) is 0 Å². The molecule has 94 valence electrons. The number of halogens is 2. The number of hydrogen-bond acceptors (Lipinski definition) is 2. The summed E-state index contributed by atoms with van der Waals surface area (Å²) in [5, 5.41) is 0.541. The average Bonchev–Trinajstić information content (AvgIpc) is 2.35. The minimum absolute atomic E-state index is 0.409. The van der Waals surface area contributed by atoms with Crippen LogP contribution >= 0.6 is 27.5 Å². The Morgan fingerprint density at radius 3 is 2.67 bits per heavy atom. The zero-order valence-electron chi connectivity index (χ0n) is 9.40. The first kappa shape index (κ1) is 13.6. The van der Waals surface area contributed by atoms with Crippen LogP contribution < -0.4 is 5.73 Å². The first-order valence-corrected chi connectivity index (χ1v) is 7.73. The maximum Gasteiger partial charge on any atom is 0.0635 e. The molecular weight excluding hydrogens is 334 g/mol. The molecule has 0 heterocycles. The smallest absolute Gasteiger partial charge is 0.0635 e. The van der Waals surface area contributed by atoms with Crippen molar-refractivity contribution in [2.75, 3.05) is 5.73 Å². The van der Waals surface area contributed by atoms with Gasteiger partial charge in [0.2, 0.25) is 0 Å². The van der Waals surface area contributed by atoms with Crippen LogP contribution in [0.15, 0.2) is 51.8 Å². The fourth-order valence-electron chi connectivity index (χ4n) is 1.54. The maximum atomic E-state index is 12.3. The van der Waals surface area contributed by atoms with Crippen LogP contribution in [0.5, 0.6) is 0 Å². The van der Waals surface area contributed by atoms with E-state index in [1.165, 1.54) is 0 Å².